The summed E-state index contributed by atoms with van der Waals surface area (Å²) in [7, 11) is 0. The lowest BCUT2D eigenvalue weighted by Crippen LogP contribution is -2.34. The molecule has 1 aliphatic carbocycles. The minimum absolute atomic E-state index is 0.637. The van der Waals surface area contributed by atoms with Gasteiger partial charge in [-0.25, -0.2) is 0 Å². The Kier molecular flexibility index (Phi) is 3.64. The number of rotatable bonds is 2. The fraction of sp³-hybridized carbons (Fsp3) is 0.800. The van der Waals surface area contributed by atoms with Gasteiger partial charge in [-0.3, -0.25) is 0 Å². The molecule has 0 radical (unpaired) electrons. The first-order chi connectivity index (χ1) is 5.29. The van der Waals surface area contributed by atoms with E-state index in [4.69, 9.17) is 0 Å². The Labute approximate surface area is 69.9 Å². The maximum atomic E-state index is 3.58. The minimum Gasteiger partial charge on any atom is -0.312 e. The molecule has 0 saturated carbocycles. The first-order valence-corrected chi connectivity index (χ1v) is 4.70. The third-order valence-electron chi connectivity index (χ3n) is 2.10. The molecule has 0 spiro atoms. The van der Waals surface area contributed by atoms with Crippen molar-refractivity contribution in [1.29, 1.82) is 0 Å². The van der Waals surface area contributed by atoms with E-state index in [0.717, 1.165) is 6.04 Å². The van der Waals surface area contributed by atoms with Gasteiger partial charge in [-0.05, 0) is 25.7 Å². The van der Waals surface area contributed by atoms with E-state index in [9.17, 15) is 0 Å². The molecule has 1 N–H and O–H groups in total. The van der Waals surface area contributed by atoms with Crippen LogP contribution in [0.25, 0.3) is 0 Å². The Morgan fingerprint density at radius 2 is 1.73 bits per heavy atom. The fourth-order valence-electron chi connectivity index (χ4n) is 1.61. The second-order valence-corrected chi connectivity index (χ2v) is 3.64. The Balaban J connectivity index is 2.23. The number of hydrogen-bond acceptors (Lipinski definition) is 1. The van der Waals surface area contributed by atoms with Gasteiger partial charge in [-0.15, -0.1) is 0 Å². The van der Waals surface area contributed by atoms with E-state index in [2.05, 4.69) is 31.3 Å². The molecule has 11 heavy (non-hydrogen) atoms. The maximum absolute atomic E-state index is 3.58. The van der Waals surface area contributed by atoms with Crippen LogP contribution < -0.4 is 5.32 Å². The van der Waals surface area contributed by atoms with Crippen LogP contribution in [0, 0.1) is 0 Å². The van der Waals surface area contributed by atoms with Crippen molar-refractivity contribution in [3.8, 4) is 0 Å². The van der Waals surface area contributed by atoms with Crippen LogP contribution >= 0.6 is 0 Å². The van der Waals surface area contributed by atoms with Gasteiger partial charge >= 0.3 is 0 Å². The van der Waals surface area contributed by atoms with Gasteiger partial charge in [0.2, 0.25) is 0 Å². The summed E-state index contributed by atoms with van der Waals surface area (Å²) >= 11 is 0. The molecule has 0 amide bonds. The summed E-state index contributed by atoms with van der Waals surface area (Å²) < 4.78 is 0. The Morgan fingerprint density at radius 1 is 1.18 bits per heavy atom. The predicted octanol–water partition coefficient (Wildman–Crippen LogP) is 2.48. The first kappa shape index (κ1) is 8.79. The summed E-state index contributed by atoms with van der Waals surface area (Å²) in [6, 6.07) is 1.39. The lowest BCUT2D eigenvalue weighted by molar-refractivity contribution is 0.426. The van der Waals surface area contributed by atoms with E-state index >= 15 is 0 Å². The summed E-state index contributed by atoms with van der Waals surface area (Å²) in [6.45, 7) is 4.44. The zero-order chi connectivity index (χ0) is 8.10. The Bertz CT molecular complexity index is 117. The first-order valence-electron chi connectivity index (χ1n) is 4.70. The summed E-state index contributed by atoms with van der Waals surface area (Å²) in [5.74, 6) is 0. The van der Waals surface area contributed by atoms with Crippen LogP contribution in [-0.4, -0.2) is 12.1 Å². The predicted molar refractivity (Wildman–Crippen MR) is 49.7 cm³/mol. The van der Waals surface area contributed by atoms with E-state index in [-0.39, 0.29) is 0 Å². The molecule has 0 fully saturated rings. The summed E-state index contributed by atoms with van der Waals surface area (Å²) in [4.78, 5) is 0. The van der Waals surface area contributed by atoms with Crippen LogP contribution in [0.4, 0.5) is 0 Å². The minimum atomic E-state index is 0.637. The molecule has 1 aliphatic rings. The van der Waals surface area contributed by atoms with Gasteiger partial charge in [0.15, 0.2) is 0 Å². The van der Waals surface area contributed by atoms with Crippen molar-refractivity contribution in [3.05, 3.63) is 12.2 Å². The lowest BCUT2D eigenvalue weighted by Gasteiger charge is -2.18. The van der Waals surface area contributed by atoms with Crippen LogP contribution in [0.1, 0.15) is 39.5 Å². The number of allylic oxidation sites excluding steroid dienone is 2. The third-order valence-corrected chi connectivity index (χ3v) is 2.10. The molecular weight excluding hydrogens is 134 g/mol. The van der Waals surface area contributed by atoms with Crippen molar-refractivity contribution in [2.75, 3.05) is 0 Å². The van der Waals surface area contributed by atoms with Crippen LogP contribution in [0.15, 0.2) is 12.2 Å². The molecule has 0 bridgehead atoms. The van der Waals surface area contributed by atoms with Gasteiger partial charge in [0.25, 0.3) is 0 Å². The van der Waals surface area contributed by atoms with Crippen molar-refractivity contribution in [3.63, 3.8) is 0 Å². The Morgan fingerprint density at radius 3 is 2.18 bits per heavy atom. The SMILES string of the molecule is CC(C)NC1CCC=CCC1. The number of hydrogen-bond donors (Lipinski definition) is 1. The number of nitrogens with one attached hydrogen (secondary N) is 1. The van der Waals surface area contributed by atoms with Crippen molar-refractivity contribution in [1.82, 2.24) is 5.32 Å². The van der Waals surface area contributed by atoms with Crippen molar-refractivity contribution < 1.29 is 0 Å². The van der Waals surface area contributed by atoms with Gasteiger partial charge in [0.1, 0.15) is 0 Å². The van der Waals surface area contributed by atoms with Crippen LogP contribution in [-0.2, 0) is 0 Å². The van der Waals surface area contributed by atoms with E-state index in [0.29, 0.717) is 6.04 Å². The van der Waals surface area contributed by atoms with Crippen LogP contribution in [0.5, 0.6) is 0 Å². The lowest BCUT2D eigenvalue weighted by atomic mass is 10.1. The smallest absolute Gasteiger partial charge is 0.00753 e. The molecule has 1 heteroatoms. The van der Waals surface area contributed by atoms with Crippen LogP contribution in [0.2, 0.25) is 0 Å². The van der Waals surface area contributed by atoms with Gasteiger partial charge in [0, 0.05) is 12.1 Å². The van der Waals surface area contributed by atoms with Gasteiger partial charge < -0.3 is 5.32 Å². The van der Waals surface area contributed by atoms with E-state index in [1.54, 1.807) is 0 Å². The molecule has 0 aromatic heterocycles. The molecule has 1 nitrogen and oxygen atoms in total. The zero-order valence-corrected chi connectivity index (χ0v) is 7.64. The molecule has 0 heterocycles. The molecule has 1 rings (SSSR count). The topological polar surface area (TPSA) is 12.0 Å². The molecular formula is C10H19N. The second kappa shape index (κ2) is 4.55. The summed E-state index contributed by atoms with van der Waals surface area (Å²) in [5, 5.41) is 3.58. The highest BCUT2D eigenvalue weighted by molar-refractivity contribution is 4.89. The van der Waals surface area contributed by atoms with Gasteiger partial charge in [-0.2, -0.15) is 0 Å². The summed E-state index contributed by atoms with van der Waals surface area (Å²) in [5.41, 5.74) is 0. The maximum Gasteiger partial charge on any atom is 0.00753 e. The highest BCUT2D eigenvalue weighted by atomic mass is 14.9. The molecule has 0 aliphatic heterocycles. The zero-order valence-electron chi connectivity index (χ0n) is 7.64. The molecule has 0 unspecified atom stereocenters. The third kappa shape index (κ3) is 3.57. The average molecular weight is 153 g/mol. The van der Waals surface area contributed by atoms with Gasteiger partial charge in [0.05, 0.1) is 0 Å². The van der Waals surface area contributed by atoms with E-state index in [1.807, 2.05) is 0 Å². The van der Waals surface area contributed by atoms with E-state index in [1.165, 1.54) is 25.7 Å². The quantitative estimate of drug-likeness (QED) is 0.601. The van der Waals surface area contributed by atoms with Gasteiger partial charge in [-0.1, -0.05) is 26.0 Å². The molecule has 0 saturated heterocycles. The van der Waals surface area contributed by atoms with Crippen molar-refractivity contribution in [2.24, 2.45) is 0 Å². The largest absolute Gasteiger partial charge is 0.312 e. The highest BCUT2D eigenvalue weighted by Gasteiger charge is 2.09. The standard InChI is InChI=1S/C10H19N/c1-9(2)11-10-7-5-3-4-6-8-10/h3-4,9-11H,5-8H2,1-2H3. The average Bonchev–Trinajstić information content (AvgIpc) is 2.14. The second-order valence-electron chi connectivity index (χ2n) is 3.64. The van der Waals surface area contributed by atoms with Crippen molar-refractivity contribution >= 4 is 0 Å². The Hall–Kier alpha value is -0.300. The molecule has 0 aromatic carbocycles. The molecule has 0 atom stereocenters. The molecule has 0 aromatic rings. The fourth-order valence-corrected chi connectivity index (χ4v) is 1.61. The normalized spacial score (nSPS) is 20.6. The monoisotopic (exact) mass is 153 g/mol. The van der Waals surface area contributed by atoms with Crippen LogP contribution in [0.3, 0.4) is 0 Å². The summed E-state index contributed by atoms with van der Waals surface area (Å²) in [6.07, 6.45) is 9.75. The van der Waals surface area contributed by atoms with Crippen molar-refractivity contribution in [2.45, 2.75) is 51.6 Å². The highest BCUT2D eigenvalue weighted by Crippen LogP contribution is 2.11. The van der Waals surface area contributed by atoms with E-state index < -0.39 is 0 Å². The molecule has 64 valence electrons.